The van der Waals surface area contributed by atoms with Crippen molar-refractivity contribution in [3.63, 3.8) is 0 Å². The van der Waals surface area contributed by atoms with E-state index in [2.05, 4.69) is 5.32 Å². The molecule has 0 aliphatic rings. The van der Waals surface area contributed by atoms with Crippen LogP contribution in [0, 0.1) is 6.92 Å². The lowest BCUT2D eigenvalue weighted by molar-refractivity contribution is 0.0899. The first-order valence-electron chi connectivity index (χ1n) is 5.55. The Morgan fingerprint density at radius 3 is 2.65 bits per heavy atom. The van der Waals surface area contributed by atoms with Crippen molar-refractivity contribution in [3.05, 3.63) is 34.3 Å². The summed E-state index contributed by atoms with van der Waals surface area (Å²) < 4.78 is 0. The third-order valence-electron chi connectivity index (χ3n) is 2.56. The van der Waals surface area contributed by atoms with E-state index in [-0.39, 0.29) is 12.5 Å². The SMILES string of the molecule is Cc1ccc(C(=O)NC(C)(C)CCO)c(Cl)c1. The van der Waals surface area contributed by atoms with E-state index >= 15 is 0 Å². The van der Waals surface area contributed by atoms with Gasteiger partial charge < -0.3 is 10.4 Å². The Kier molecular flexibility index (Phi) is 4.54. The number of hydrogen-bond donors (Lipinski definition) is 2. The summed E-state index contributed by atoms with van der Waals surface area (Å²) in [5.41, 5.74) is 1.03. The highest BCUT2D eigenvalue weighted by atomic mass is 35.5. The number of hydrogen-bond acceptors (Lipinski definition) is 2. The maximum Gasteiger partial charge on any atom is 0.253 e. The summed E-state index contributed by atoms with van der Waals surface area (Å²) in [4.78, 5) is 12.0. The second kappa shape index (κ2) is 5.52. The van der Waals surface area contributed by atoms with E-state index < -0.39 is 5.54 Å². The van der Waals surface area contributed by atoms with E-state index in [0.717, 1.165) is 5.56 Å². The lowest BCUT2D eigenvalue weighted by Crippen LogP contribution is -2.44. The number of nitrogens with one attached hydrogen (secondary N) is 1. The molecule has 0 saturated carbocycles. The van der Waals surface area contributed by atoms with Gasteiger partial charge in [-0.3, -0.25) is 4.79 Å². The van der Waals surface area contributed by atoms with Crippen molar-refractivity contribution in [2.45, 2.75) is 32.7 Å². The van der Waals surface area contributed by atoms with Crippen LogP contribution in [-0.4, -0.2) is 23.2 Å². The molecule has 1 aromatic rings. The van der Waals surface area contributed by atoms with E-state index in [4.69, 9.17) is 16.7 Å². The number of aliphatic hydroxyl groups is 1. The van der Waals surface area contributed by atoms with Gasteiger partial charge in [0.1, 0.15) is 0 Å². The molecule has 1 aromatic carbocycles. The van der Waals surface area contributed by atoms with E-state index in [1.165, 1.54) is 0 Å². The highest BCUT2D eigenvalue weighted by Gasteiger charge is 2.21. The number of benzene rings is 1. The Morgan fingerprint density at radius 1 is 1.47 bits per heavy atom. The molecule has 4 heteroatoms. The fraction of sp³-hybridized carbons (Fsp3) is 0.462. The zero-order chi connectivity index (χ0) is 13.1. The van der Waals surface area contributed by atoms with Gasteiger partial charge in [-0.25, -0.2) is 0 Å². The van der Waals surface area contributed by atoms with Crippen LogP contribution in [-0.2, 0) is 0 Å². The molecular formula is C13H18ClNO2. The predicted octanol–water partition coefficient (Wildman–Crippen LogP) is 2.54. The lowest BCUT2D eigenvalue weighted by Gasteiger charge is -2.25. The molecule has 0 aliphatic carbocycles. The standard InChI is InChI=1S/C13H18ClNO2/c1-9-4-5-10(11(14)8-9)12(17)15-13(2,3)6-7-16/h4-5,8,16H,6-7H2,1-3H3,(H,15,17). The molecule has 3 nitrogen and oxygen atoms in total. The van der Waals surface area contributed by atoms with Crippen molar-refractivity contribution >= 4 is 17.5 Å². The molecule has 0 aromatic heterocycles. The summed E-state index contributed by atoms with van der Waals surface area (Å²) in [6.45, 7) is 5.69. The minimum absolute atomic E-state index is 0.0366. The summed E-state index contributed by atoms with van der Waals surface area (Å²) in [7, 11) is 0. The molecule has 1 amide bonds. The van der Waals surface area contributed by atoms with Crippen molar-refractivity contribution < 1.29 is 9.90 Å². The quantitative estimate of drug-likeness (QED) is 0.869. The minimum atomic E-state index is -0.444. The number of carbonyl (C=O) groups excluding carboxylic acids is 1. The summed E-state index contributed by atoms with van der Waals surface area (Å²) in [6.07, 6.45) is 0.502. The maximum atomic E-state index is 12.0. The molecule has 0 radical (unpaired) electrons. The van der Waals surface area contributed by atoms with Crippen LogP contribution >= 0.6 is 11.6 Å². The van der Waals surface area contributed by atoms with Crippen LogP contribution < -0.4 is 5.32 Å². The Bertz CT molecular complexity index is 416. The van der Waals surface area contributed by atoms with Crippen molar-refractivity contribution in [1.82, 2.24) is 5.32 Å². The van der Waals surface area contributed by atoms with Crippen LogP contribution in [0.1, 0.15) is 36.2 Å². The summed E-state index contributed by atoms with van der Waals surface area (Å²) >= 11 is 6.02. The molecule has 0 fully saturated rings. The number of halogens is 1. The Labute approximate surface area is 107 Å². The molecule has 0 aliphatic heterocycles. The first-order chi connectivity index (χ1) is 7.85. The van der Waals surface area contributed by atoms with E-state index in [9.17, 15) is 4.79 Å². The Balaban J connectivity index is 2.83. The van der Waals surface area contributed by atoms with Crippen LogP contribution in [0.4, 0.5) is 0 Å². The normalized spacial score (nSPS) is 11.4. The minimum Gasteiger partial charge on any atom is -0.396 e. The first kappa shape index (κ1) is 14.0. The second-order valence-corrected chi connectivity index (χ2v) is 5.20. The average Bonchev–Trinajstić information content (AvgIpc) is 2.15. The molecular weight excluding hydrogens is 238 g/mol. The molecule has 2 N–H and O–H groups in total. The maximum absolute atomic E-state index is 12.0. The molecule has 0 heterocycles. The van der Waals surface area contributed by atoms with Gasteiger partial charge in [0.25, 0.3) is 5.91 Å². The van der Waals surface area contributed by atoms with Gasteiger partial charge in [0.2, 0.25) is 0 Å². The summed E-state index contributed by atoms with van der Waals surface area (Å²) in [5.74, 6) is -0.214. The van der Waals surface area contributed by atoms with Crippen LogP contribution in [0.25, 0.3) is 0 Å². The van der Waals surface area contributed by atoms with E-state index in [1.54, 1.807) is 12.1 Å². The number of aliphatic hydroxyl groups excluding tert-OH is 1. The van der Waals surface area contributed by atoms with Crippen LogP contribution in [0.5, 0.6) is 0 Å². The summed E-state index contributed by atoms with van der Waals surface area (Å²) in [6, 6.07) is 5.32. The monoisotopic (exact) mass is 255 g/mol. The number of amides is 1. The van der Waals surface area contributed by atoms with Gasteiger partial charge in [0.15, 0.2) is 0 Å². The zero-order valence-corrected chi connectivity index (χ0v) is 11.1. The predicted molar refractivity (Wildman–Crippen MR) is 69.4 cm³/mol. The number of rotatable bonds is 4. The summed E-state index contributed by atoms with van der Waals surface area (Å²) in [5, 5.41) is 12.2. The third kappa shape index (κ3) is 4.02. The van der Waals surface area contributed by atoms with Crippen LogP contribution in [0.3, 0.4) is 0 Å². The van der Waals surface area contributed by atoms with Gasteiger partial charge in [-0.1, -0.05) is 17.7 Å². The van der Waals surface area contributed by atoms with Gasteiger partial charge >= 0.3 is 0 Å². The number of aryl methyl sites for hydroxylation is 1. The topological polar surface area (TPSA) is 49.3 Å². The van der Waals surface area contributed by atoms with Crippen molar-refractivity contribution in [2.75, 3.05) is 6.61 Å². The Hall–Kier alpha value is -1.06. The first-order valence-corrected chi connectivity index (χ1v) is 5.93. The van der Waals surface area contributed by atoms with Crippen LogP contribution in [0.2, 0.25) is 5.02 Å². The molecule has 0 unspecified atom stereocenters. The molecule has 0 atom stereocenters. The van der Waals surface area contributed by atoms with Gasteiger partial charge in [-0.05, 0) is 44.9 Å². The van der Waals surface area contributed by atoms with Gasteiger partial charge in [0.05, 0.1) is 10.6 Å². The van der Waals surface area contributed by atoms with Crippen molar-refractivity contribution in [3.8, 4) is 0 Å². The van der Waals surface area contributed by atoms with E-state index in [1.807, 2.05) is 26.8 Å². The molecule has 94 valence electrons. The highest BCUT2D eigenvalue weighted by Crippen LogP contribution is 2.19. The molecule has 17 heavy (non-hydrogen) atoms. The molecule has 0 saturated heterocycles. The van der Waals surface area contributed by atoms with Gasteiger partial charge in [-0.2, -0.15) is 0 Å². The molecule has 1 rings (SSSR count). The Morgan fingerprint density at radius 2 is 2.12 bits per heavy atom. The largest absolute Gasteiger partial charge is 0.396 e. The zero-order valence-electron chi connectivity index (χ0n) is 10.4. The van der Waals surface area contributed by atoms with Gasteiger partial charge in [0, 0.05) is 12.1 Å². The second-order valence-electron chi connectivity index (χ2n) is 4.79. The van der Waals surface area contributed by atoms with Crippen molar-refractivity contribution in [1.29, 1.82) is 0 Å². The van der Waals surface area contributed by atoms with Gasteiger partial charge in [-0.15, -0.1) is 0 Å². The lowest BCUT2D eigenvalue weighted by atomic mass is 10.0. The third-order valence-corrected chi connectivity index (χ3v) is 2.87. The molecule has 0 bridgehead atoms. The van der Waals surface area contributed by atoms with Crippen molar-refractivity contribution in [2.24, 2.45) is 0 Å². The fourth-order valence-electron chi connectivity index (χ4n) is 1.52. The number of carbonyl (C=O) groups is 1. The highest BCUT2D eigenvalue weighted by molar-refractivity contribution is 6.33. The van der Waals surface area contributed by atoms with E-state index in [0.29, 0.717) is 17.0 Å². The fourth-order valence-corrected chi connectivity index (χ4v) is 1.84. The molecule has 0 spiro atoms. The van der Waals surface area contributed by atoms with Crippen LogP contribution in [0.15, 0.2) is 18.2 Å². The smallest absolute Gasteiger partial charge is 0.253 e. The average molecular weight is 256 g/mol.